The second-order valence-electron chi connectivity index (χ2n) is 4.68. The predicted molar refractivity (Wildman–Crippen MR) is 80.8 cm³/mol. The number of ether oxygens (including phenoxy) is 1. The zero-order chi connectivity index (χ0) is 14.0. The molecule has 0 saturated heterocycles. The van der Waals surface area contributed by atoms with Crippen LogP contribution in [0.5, 0.6) is 0 Å². The molecule has 3 heteroatoms. The second-order valence-corrected chi connectivity index (χ2v) is 6.00. The Bertz CT molecular complexity index is 263. The van der Waals surface area contributed by atoms with E-state index in [-0.39, 0.29) is 10.0 Å². The summed E-state index contributed by atoms with van der Waals surface area (Å²) in [7, 11) is 0. The maximum Gasteiger partial charge on any atom is 0.217 e. The van der Waals surface area contributed by atoms with E-state index < -0.39 is 0 Å². The van der Waals surface area contributed by atoms with Crippen molar-refractivity contribution >= 4 is 16.9 Å². The lowest BCUT2D eigenvalue weighted by Gasteiger charge is -2.31. The molecule has 0 aliphatic carbocycles. The lowest BCUT2D eigenvalue weighted by Crippen LogP contribution is -2.30. The third kappa shape index (κ3) is 6.60. The highest BCUT2D eigenvalue weighted by Crippen LogP contribution is 2.37. The number of carbonyl (C=O) groups excluding carboxylic acids is 1. The molecule has 1 unspecified atom stereocenters. The van der Waals surface area contributed by atoms with Gasteiger partial charge in [0.1, 0.15) is 4.93 Å². The molecule has 0 saturated carbocycles. The molecule has 0 aromatic rings. The van der Waals surface area contributed by atoms with Gasteiger partial charge in [0, 0.05) is 6.61 Å². The Morgan fingerprint density at radius 1 is 1.22 bits per heavy atom. The van der Waals surface area contributed by atoms with Crippen LogP contribution in [0.25, 0.3) is 0 Å². The molecule has 18 heavy (non-hydrogen) atoms. The van der Waals surface area contributed by atoms with E-state index in [0.717, 1.165) is 19.3 Å². The molecule has 0 aromatic heterocycles. The van der Waals surface area contributed by atoms with Crippen LogP contribution in [0.2, 0.25) is 0 Å². The number of hydrogen-bond donors (Lipinski definition) is 0. The summed E-state index contributed by atoms with van der Waals surface area (Å²) in [5, 5.41) is 0.0563. The summed E-state index contributed by atoms with van der Waals surface area (Å²) in [4.78, 5) is 11.5. The van der Waals surface area contributed by atoms with E-state index in [9.17, 15) is 4.79 Å². The third-order valence-electron chi connectivity index (χ3n) is 2.98. The molecule has 0 spiro atoms. The molecule has 0 amide bonds. The zero-order valence-electron chi connectivity index (χ0n) is 12.4. The molecule has 0 radical (unpaired) electrons. The summed E-state index contributed by atoms with van der Waals surface area (Å²) < 4.78 is 5.88. The molecule has 0 bridgehead atoms. The van der Waals surface area contributed by atoms with Crippen molar-refractivity contribution in [3.05, 3.63) is 12.2 Å². The maximum atomic E-state index is 11.9. The van der Waals surface area contributed by atoms with Crippen molar-refractivity contribution in [3.63, 3.8) is 0 Å². The highest BCUT2D eigenvalue weighted by molar-refractivity contribution is 8.15. The molecule has 0 heterocycles. The summed E-state index contributed by atoms with van der Waals surface area (Å²) in [5.74, 6) is 0. The fraction of sp³-hybridized carbons (Fsp3) is 0.800. The second kappa shape index (κ2) is 9.62. The lowest BCUT2D eigenvalue weighted by atomic mass is 10.1. The average molecular weight is 272 g/mol. The van der Waals surface area contributed by atoms with E-state index in [1.165, 1.54) is 31.0 Å². The van der Waals surface area contributed by atoms with Gasteiger partial charge >= 0.3 is 0 Å². The van der Waals surface area contributed by atoms with Crippen molar-refractivity contribution in [1.82, 2.24) is 0 Å². The first-order valence-corrected chi connectivity index (χ1v) is 7.85. The maximum absolute atomic E-state index is 11.9. The van der Waals surface area contributed by atoms with E-state index >= 15 is 0 Å². The van der Waals surface area contributed by atoms with E-state index in [0.29, 0.717) is 12.2 Å². The number of unbranched alkanes of at least 4 members (excludes halogenated alkanes) is 3. The Morgan fingerprint density at radius 3 is 2.33 bits per heavy atom. The number of hydrogen-bond acceptors (Lipinski definition) is 3. The van der Waals surface area contributed by atoms with Crippen molar-refractivity contribution in [1.29, 1.82) is 0 Å². The first-order valence-electron chi connectivity index (χ1n) is 7.04. The summed E-state index contributed by atoms with van der Waals surface area (Å²) in [6, 6.07) is 0. The van der Waals surface area contributed by atoms with Crippen LogP contribution in [0.1, 0.15) is 66.2 Å². The van der Waals surface area contributed by atoms with Gasteiger partial charge in [-0.25, -0.2) is 0 Å². The van der Waals surface area contributed by atoms with Gasteiger partial charge < -0.3 is 4.74 Å². The minimum absolute atomic E-state index is 0.0563. The molecule has 0 aromatic carbocycles. The topological polar surface area (TPSA) is 26.3 Å². The smallest absolute Gasteiger partial charge is 0.217 e. The first-order chi connectivity index (χ1) is 8.51. The number of carbonyl (C=O) groups is 1. The SMILES string of the molecule is C=C(C)C(=O)SC(CC)(CCCCCC)OCC. The van der Waals surface area contributed by atoms with Gasteiger partial charge in [0.2, 0.25) is 5.12 Å². The average Bonchev–Trinajstić information content (AvgIpc) is 2.34. The molecular formula is C15H28O2S. The summed E-state index contributed by atoms with van der Waals surface area (Å²) in [6.07, 6.45) is 6.62. The van der Waals surface area contributed by atoms with Crippen LogP contribution < -0.4 is 0 Å². The lowest BCUT2D eigenvalue weighted by molar-refractivity contribution is -0.108. The monoisotopic (exact) mass is 272 g/mol. The minimum atomic E-state index is -0.349. The van der Waals surface area contributed by atoms with Crippen molar-refractivity contribution in [3.8, 4) is 0 Å². The van der Waals surface area contributed by atoms with E-state index in [1.807, 2.05) is 6.92 Å². The zero-order valence-corrected chi connectivity index (χ0v) is 13.2. The predicted octanol–water partition coefficient (Wildman–Crippen LogP) is 4.94. The van der Waals surface area contributed by atoms with Crippen LogP contribution in [0.3, 0.4) is 0 Å². The van der Waals surface area contributed by atoms with Gasteiger partial charge in [0.25, 0.3) is 0 Å². The van der Waals surface area contributed by atoms with Crippen molar-refractivity contribution in [2.75, 3.05) is 6.61 Å². The Labute approximate surface area is 117 Å². The Hall–Kier alpha value is -0.280. The van der Waals surface area contributed by atoms with Gasteiger partial charge in [-0.2, -0.15) is 0 Å². The van der Waals surface area contributed by atoms with Crippen LogP contribution in [0.4, 0.5) is 0 Å². The van der Waals surface area contributed by atoms with Gasteiger partial charge in [-0.15, -0.1) is 0 Å². The summed E-state index contributed by atoms with van der Waals surface area (Å²) in [5.41, 5.74) is 0.603. The molecular weight excluding hydrogens is 244 g/mol. The van der Waals surface area contributed by atoms with Crippen LogP contribution in [-0.4, -0.2) is 16.7 Å². The van der Waals surface area contributed by atoms with Gasteiger partial charge in [-0.1, -0.05) is 39.7 Å². The molecule has 0 fully saturated rings. The highest BCUT2D eigenvalue weighted by Gasteiger charge is 2.32. The molecule has 0 rings (SSSR count). The van der Waals surface area contributed by atoms with Gasteiger partial charge in [-0.3, -0.25) is 4.79 Å². The standard InChI is InChI=1S/C15H28O2S/c1-6-9-10-11-12-15(7-2,17-8-3)18-14(16)13(4)5/h4,6-12H2,1-3,5H3. The van der Waals surface area contributed by atoms with Gasteiger partial charge in [0.05, 0.1) is 0 Å². The van der Waals surface area contributed by atoms with Gasteiger partial charge in [0.15, 0.2) is 0 Å². The first kappa shape index (κ1) is 17.7. The van der Waals surface area contributed by atoms with E-state index in [2.05, 4.69) is 20.4 Å². The Kier molecular flexibility index (Phi) is 9.47. The van der Waals surface area contributed by atoms with Crippen LogP contribution >= 0.6 is 11.8 Å². The van der Waals surface area contributed by atoms with Crippen molar-refractivity contribution in [2.45, 2.75) is 71.2 Å². The minimum Gasteiger partial charge on any atom is -0.364 e. The molecule has 0 N–H and O–H groups in total. The van der Waals surface area contributed by atoms with E-state index in [4.69, 9.17) is 4.74 Å². The summed E-state index contributed by atoms with van der Waals surface area (Å²) >= 11 is 1.32. The largest absolute Gasteiger partial charge is 0.364 e. The number of rotatable bonds is 10. The fourth-order valence-electron chi connectivity index (χ4n) is 1.84. The highest BCUT2D eigenvalue weighted by atomic mass is 32.2. The molecule has 0 aliphatic heterocycles. The third-order valence-corrected chi connectivity index (χ3v) is 4.50. The van der Waals surface area contributed by atoms with Crippen molar-refractivity contribution < 1.29 is 9.53 Å². The Balaban J connectivity index is 4.49. The fourth-order valence-corrected chi connectivity index (χ4v) is 2.92. The van der Waals surface area contributed by atoms with Gasteiger partial charge in [-0.05, 0) is 50.4 Å². The van der Waals surface area contributed by atoms with E-state index in [1.54, 1.807) is 6.92 Å². The van der Waals surface area contributed by atoms with Crippen LogP contribution in [0.15, 0.2) is 12.2 Å². The summed E-state index contributed by atoms with van der Waals surface area (Å²) in [6.45, 7) is 12.4. The molecule has 0 aliphatic rings. The van der Waals surface area contributed by atoms with Crippen LogP contribution in [-0.2, 0) is 9.53 Å². The quantitative estimate of drug-likeness (QED) is 0.320. The Morgan fingerprint density at radius 2 is 1.89 bits per heavy atom. The molecule has 2 nitrogen and oxygen atoms in total. The molecule has 1 atom stereocenters. The molecule has 106 valence electrons. The van der Waals surface area contributed by atoms with Crippen molar-refractivity contribution in [2.24, 2.45) is 0 Å². The normalized spacial score (nSPS) is 14.2. The number of thioether (sulfide) groups is 1. The van der Waals surface area contributed by atoms with Crippen LogP contribution in [0, 0.1) is 0 Å².